The summed E-state index contributed by atoms with van der Waals surface area (Å²) < 4.78 is 35.7. The standard InChI is InChI=1S/C38H37O6P/c1-39-24-44-37-30(36-28-14-8-6-12-25(28)22-26-13-7-9-15-29(26)36)16-10-19-35(37)45(34-21-20-27(40-2)23-33(34)43-5)38-31(41-3)17-11-18-32(38)42-4/h6-8,10-14,16-23H,9,15,24H2,1-5H3. The predicted molar refractivity (Wildman–Crippen MR) is 184 cm³/mol. The van der Waals surface area contributed by atoms with E-state index in [0.29, 0.717) is 23.0 Å². The van der Waals surface area contributed by atoms with Gasteiger partial charge in [-0.15, -0.1) is 0 Å². The summed E-state index contributed by atoms with van der Waals surface area (Å²) >= 11 is 0. The van der Waals surface area contributed by atoms with Crippen molar-refractivity contribution in [3.8, 4) is 39.9 Å². The SMILES string of the molecule is COCOc1c(-c2c3c(cc4ccccc24)C=CCC3)cccc1P(c1ccc(OC)cc1OC)c1c(OC)cccc1OC. The van der Waals surface area contributed by atoms with Gasteiger partial charge in [0.1, 0.15) is 28.7 Å². The molecular weight excluding hydrogens is 583 g/mol. The average Bonchev–Trinajstić information content (AvgIpc) is 3.10. The normalized spacial score (nSPS) is 12.8. The molecular formula is C38H37O6P. The fourth-order valence-electron chi connectivity index (χ4n) is 6.14. The molecule has 0 amide bonds. The Bertz CT molecular complexity index is 1840. The molecule has 0 saturated heterocycles. The fraction of sp³-hybridized carbons (Fsp3) is 0.211. The second kappa shape index (κ2) is 13.6. The lowest BCUT2D eigenvalue weighted by Gasteiger charge is -2.28. The van der Waals surface area contributed by atoms with Crippen LogP contribution in [0.3, 0.4) is 0 Å². The molecule has 0 fully saturated rings. The molecule has 0 aromatic heterocycles. The molecule has 0 spiro atoms. The first kappa shape index (κ1) is 30.5. The third-order valence-corrected chi connectivity index (χ3v) is 10.7. The van der Waals surface area contributed by atoms with E-state index in [0.717, 1.165) is 40.1 Å². The van der Waals surface area contributed by atoms with Crippen molar-refractivity contribution in [3.63, 3.8) is 0 Å². The van der Waals surface area contributed by atoms with E-state index in [-0.39, 0.29) is 6.79 Å². The van der Waals surface area contributed by atoms with Gasteiger partial charge in [-0.05, 0) is 70.6 Å². The smallest absolute Gasteiger partial charge is 0.188 e. The second-order valence-electron chi connectivity index (χ2n) is 10.6. The van der Waals surface area contributed by atoms with Gasteiger partial charge in [-0.25, -0.2) is 0 Å². The van der Waals surface area contributed by atoms with Crippen molar-refractivity contribution in [3.05, 3.63) is 102 Å². The Hall–Kier alpha value is -4.51. The fourth-order valence-corrected chi connectivity index (χ4v) is 8.87. The summed E-state index contributed by atoms with van der Waals surface area (Å²) in [4.78, 5) is 0. The highest BCUT2D eigenvalue weighted by molar-refractivity contribution is 7.80. The molecule has 5 aromatic carbocycles. The van der Waals surface area contributed by atoms with Crippen LogP contribution in [0.25, 0.3) is 28.0 Å². The maximum Gasteiger partial charge on any atom is 0.188 e. The third-order valence-electron chi connectivity index (χ3n) is 8.13. The molecule has 6 rings (SSSR count). The molecule has 1 unspecified atom stereocenters. The quantitative estimate of drug-likeness (QED) is 0.115. The van der Waals surface area contributed by atoms with E-state index in [1.54, 1.807) is 35.5 Å². The number of benzene rings is 5. The summed E-state index contributed by atoms with van der Waals surface area (Å²) in [6.07, 6.45) is 6.42. The van der Waals surface area contributed by atoms with Gasteiger partial charge in [-0.1, -0.05) is 60.7 Å². The molecule has 6 nitrogen and oxygen atoms in total. The predicted octanol–water partition coefficient (Wildman–Crippen LogP) is 7.24. The van der Waals surface area contributed by atoms with Crippen LogP contribution in [0, 0.1) is 0 Å². The van der Waals surface area contributed by atoms with Crippen molar-refractivity contribution in [2.24, 2.45) is 0 Å². The zero-order chi connectivity index (χ0) is 31.3. The first-order valence-electron chi connectivity index (χ1n) is 14.8. The molecule has 1 aliphatic rings. The molecule has 0 radical (unpaired) electrons. The molecule has 5 aromatic rings. The topological polar surface area (TPSA) is 55.4 Å². The van der Waals surface area contributed by atoms with Crippen molar-refractivity contribution in [1.82, 2.24) is 0 Å². The van der Waals surface area contributed by atoms with E-state index in [1.807, 2.05) is 30.3 Å². The monoisotopic (exact) mass is 620 g/mol. The van der Waals surface area contributed by atoms with Crippen LogP contribution in [0.15, 0.2) is 91.0 Å². The molecule has 0 heterocycles. The summed E-state index contributed by atoms with van der Waals surface area (Å²) in [5.74, 6) is 3.59. The Morgan fingerprint density at radius 2 is 1.44 bits per heavy atom. The van der Waals surface area contributed by atoms with Crippen LogP contribution < -0.4 is 39.6 Å². The number of methoxy groups -OCH3 is 5. The van der Waals surface area contributed by atoms with Gasteiger partial charge in [0.2, 0.25) is 0 Å². The molecule has 230 valence electrons. The molecule has 0 aliphatic heterocycles. The summed E-state index contributed by atoms with van der Waals surface area (Å²) in [5.41, 5.74) is 4.76. The van der Waals surface area contributed by atoms with Crippen LogP contribution in [0.1, 0.15) is 17.5 Å². The first-order valence-corrected chi connectivity index (χ1v) is 16.2. The van der Waals surface area contributed by atoms with Crippen LogP contribution in [-0.2, 0) is 11.2 Å². The number of hydrogen-bond acceptors (Lipinski definition) is 6. The Morgan fingerprint density at radius 1 is 0.689 bits per heavy atom. The number of allylic oxidation sites excluding steroid dienone is 1. The lowest BCUT2D eigenvalue weighted by Crippen LogP contribution is -2.26. The highest BCUT2D eigenvalue weighted by Gasteiger charge is 2.32. The van der Waals surface area contributed by atoms with Crippen molar-refractivity contribution in [2.45, 2.75) is 12.8 Å². The Morgan fingerprint density at radius 3 is 2.18 bits per heavy atom. The van der Waals surface area contributed by atoms with Gasteiger partial charge < -0.3 is 28.4 Å². The van der Waals surface area contributed by atoms with Gasteiger partial charge >= 0.3 is 0 Å². The molecule has 0 bridgehead atoms. The molecule has 45 heavy (non-hydrogen) atoms. The second-order valence-corrected chi connectivity index (χ2v) is 12.7. The van der Waals surface area contributed by atoms with Gasteiger partial charge in [-0.3, -0.25) is 0 Å². The van der Waals surface area contributed by atoms with Crippen LogP contribution in [-0.4, -0.2) is 42.3 Å². The van der Waals surface area contributed by atoms with Gasteiger partial charge in [0, 0.05) is 37.3 Å². The largest absolute Gasteiger partial charge is 0.497 e. The van der Waals surface area contributed by atoms with Crippen LogP contribution in [0.4, 0.5) is 0 Å². The zero-order valence-electron chi connectivity index (χ0n) is 26.3. The minimum Gasteiger partial charge on any atom is -0.497 e. The highest BCUT2D eigenvalue weighted by Crippen LogP contribution is 2.49. The number of ether oxygens (including phenoxy) is 6. The first-order chi connectivity index (χ1) is 22.1. The van der Waals surface area contributed by atoms with Crippen LogP contribution >= 0.6 is 7.92 Å². The Labute approximate surface area is 265 Å². The van der Waals surface area contributed by atoms with E-state index >= 15 is 0 Å². The Kier molecular flexibility index (Phi) is 9.25. The summed E-state index contributed by atoms with van der Waals surface area (Å²) in [6, 6.07) is 29.1. The summed E-state index contributed by atoms with van der Waals surface area (Å²) in [5, 5.41) is 5.25. The Balaban J connectivity index is 1.72. The van der Waals surface area contributed by atoms with Crippen molar-refractivity contribution in [1.29, 1.82) is 0 Å². The lowest BCUT2D eigenvalue weighted by atomic mass is 9.85. The van der Waals surface area contributed by atoms with E-state index in [9.17, 15) is 0 Å². The maximum atomic E-state index is 6.63. The van der Waals surface area contributed by atoms with E-state index < -0.39 is 7.92 Å². The number of hydrogen-bond donors (Lipinski definition) is 0. The molecule has 0 saturated carbocycles. The number of fused-ring (bicyclic) bond motifs is 2. The minimum absolute atomic E-state index is 0.0862. The van der Waals surface area contributed by atoms with E-state index in [4.69, 9.17) is 28.4 Å². The van der Waals surface area contributed by atoms with Crippen molar-refractivity contribution >= 4 is 40.7 Å². The summed E-state index contributed by atoms with van der Waals surface area (Å²) in [7, 11) is 6.98. The molecule has 1 aliphatic carbocycles. The van der Waals surface area contributed by atoms with Crippen molar-refractivity contribution < 1.29 is 28.4 Å². The van der Waals surface area contributed by atoms with Gasteiger partial charge in [0.25, 0.3) is 0 Å². The maximum absolute atomic E-state index is 6.63. The van der Waals surface area contributed by atoms with Crippen molar-refractivity contribution in [2.75, 3.05) is 42.3 Å². The van der Waals surface area contributed by atoms with Crippen LogP contribution in [0.2, 0.25) is 0 Å². The average molecular weight is 621 g/mol. The number of para-hydroxylation sites is 1. The van der Waals surface area contributed by atoms with Gasteiger partial charge in [-0.2, -0.15) is 0 Å². The van der Waals surface area contributed by atoms with Gasteiger partial charge in [0.15, 0.2) is 6.79 Å². The third kappa shape index (κ3) is 5.72. The number of rotatable bonds is 11. The highest BCUT2D eigenvalue weighted by atomic mass is 31.1. The lowest BCUT2D eigenvalue weighted by molar-refractivity contribution is 0.0523. The molecule has 1 atom stereocenters. The zero-order valence-corrected chi connectivity index (χ0v) is 27.2. The summed E-state index contributed by atoms with van der Waals surface area (Å²) in [6.45, 7) is 0.0862. The van der Waals surface area contributed by atoms with E-state index in [2.05, 4.69) is 66.7 Å². The molecule has 7 heteroatoms. The van der Waals surface area contributed by atoms with E-state index in [1.165, 1.54) is 27.5 Å². The molecule has 0 N–H and O–H groups in total. The minimum atomic E-state index is -1.37. The van der Waals surface area contributed by atoms with Crippen LogP contribution in [0.5, 0.6) is 28.7 Å². The van der Waals surface area contributed by atoms with Gasteiger partial charge in [0.05, 0.1) is 33.7 Å².